The quantitative estimate of drug-likeness (QED) is 0.536. The van der Waals surface area contributed by atoms with E-state index < -0.39 is 6.09 Å². The van der Waals surface area contributed by atoms with Crippen LogP contribution in [-0.2, 0) is 4.74 Å². The molecule has 0 aliphatic heterocycles. The lowest BCUT2D eigenvalue weighted by Crippen LogP contribution is -2.30. The second-order valence-corrected chi connectivity index (χ2v) is 3.14. The molecule has 5 heteroatoms. The van der Waals surface area contributed by atoms with Gasteiger partial charge in [-0.15, -0.1) is 0 Å². The number of nitrogens with one attached hydrogen (secondary N) is 3. The Morgan fingerprint density at radius 1 is 1.38 bits per heavy atom. The Kier molecular flexibility index (Phi) is 4.85. The molecule has 0 spiro atoms. The maximum Gasteiger partial charge on any atom is 0.412 e. The fraction of sp³-hybridized carbons (Fsp3) is 0.273. The van der Waals surface area contributed by atoms with Gasteiger partial charge in [-0.25, -0.2) is 4.79 Å². The number of para-hydroxylation sites is 1. The van der Waals surface area contributed by atoms with E-state index in [0.717, 1.165) is 5.69 Å². The zero-order valence-corrected chi connectivity index (χ0v) is 9.12. The molecule has 16 heavy (non-hydrogen) atoms. The van der Waals surface area contributed by atoms with E-state index in [1.165, 1.54) is 7.11 Å². The number of alkyl carbamates (subject to hydrolysis) is 1. The van der Waals surface area contributed by atoms with Gasteiger partial charge in [-0.05, 0) is 12.1 Å². The molecular weight excluding hydrogens is 206 g/mol. The average molecular weight is 221 g/mol. The van der Waals surface area contributed by atoms with E-state index in [1.54, 1.807) is 0 Å². The zero-order chi connectivity index (χ0) is 11.8. The molecule has 1 amide bonds. The fourth-order valence-corrected chi connectivity index (χ4v) is 1.12. The number of anilines is 1. The summed E-state index contributed by atoms with van der Waals surface area (Å²) >= 11 is 0. The van der Waals surface area contributed by atoms with Gasteiger partial charge >= 0.3 is 6.09 Å². The zero-order valence-electron chi connectivity index (χ0n) is 9.12. The van der Waals surface area contributed by atoms with Gasteiger partial charge in [0.05, 0.1) is 7.11 Å². The van der Waals surface area contributed by atoms with Crippen molar-refractivity contribution in [3.63, 3.8) is 0 Å². The molecule has 0 fully saturated rings. The van der Waals surface area contributed by atoms with Gasteiger partial charge in [0, 0.05) is 18.7 Å². The highest BCUT2D eigenvalue weighted by atomic mass is 16.5. The Morgan fingerprint density at radius 2 is 2.06 bits per heavy atom. The normalized spacial score (nSPS) is 9.31. The first-order valence-electron chi connectivity index (χ1n) is 4.93. The van der Waals surface area contributed by atoms with Crippen LogP contribution in [0.25, 0.3) is 0 Å². The monoisotopic (exact) mass is 221 g/mol. The summed E-state index contributed by atoms with van der Waals surface area (Å²) in [5.74, 6) is 0.135. The third-order valence-electron chi connectivity index (χ3n) is 1.92. The number of ether oxygens (including phenoxy) is 1. The number of carbonyl (C=O) groups is 1. The van der Waals surface area contributed by atoms with Crippen molar-refractivity contribution >= 4 is 17.6 Å². The number of carbonyl (C=O) groups excluding carboxylic acids is 1. The Labute approximate surface area is 94.3 Å². The third kappa shape index (κ3) is 4.45. The minimum Gasteiger partial charge on any atom is -0.453 e. The maximum atomic E-state index is 10.8. The summed E-state index contributed by atoms with van der Waals surface area (Å²) < 4.78 is 4.37. The predicted octanol–water partition coefficient (Wildman–Crippen LogP) is 1.82. The molecule has 0 radical (unpaired) electrons. The number of hydrogen-bond acceptors (Lipinski definition) is 4. The largest absolute Gasteiger partial charge is 0.453 e. The summed E-state index contributed by atoms with van der Waals surface area (Å²) in [5.41, 5.74) is 0.994. The second-order valence-electron chi connectivity index (χ2n) is 3.14. The van der Waals surface area contributed by atoms with E-state index in [-0.39, 0.29) is 5.84 Å². The minimum atomic E-state index is -0.607. The summed E-state index contributed by atoms with van der Waals surface area (Å²) in [5, 5.41) is 12.9. The van der Waals surface area contributed by atoms with Crippen LogP contribution < -0.4 is 10.6 Å². The van der Waals surface area contributed by atoms with E-state index in [9.17, 15) is 4.79 Å². The van der Waals surface area contributed by atoms with Crippen LogP contribution in [-0.4, -0.2) is 25.6 Å². The molecular formula is C11H15N3O2. The van der Waals surface area contributed by atoms with Crippen molar-refractivity contribution in [2.75, 3.05) is 19.0 Å². The molecule has 0 atom stereocenters. The van der Waals surface area contributed by atoms with Gasteiger partial charge < -0.3 is 10.1 Å². The Balaban J connectivity index is 2.21. The molecule has 0 saturated heterocycles. The van der Waals surface area contributed by atoms with Crippen molar-refractivity contribution in [2.45, 2.75) is 6.42 Å². The first-order valence-corrected chi connectivity index (χ1v) is 4.93. The smallest absolute Gasteiger partial charge is 0.412 e. The van der Waals surface area contributed by atoms with Gasteiger partial charge in [-0.1, -0.05) is 18.2 Å². The number of benzene rings is 1. The molecule has 0 bridgehead atoms. The van der Waals surface area contributed by atoms with Crippen molar-refractivity contribution in [3.8, 4) is 0 Å². The topological polar surface area (TPSA) is 74.2 Å². The molecule has 86 valence electrons. The van der Waals surface area contributed by atoms with Crippen LogP contribution in [0.4, 0.5) is 10.5 Å². The van der Waals surface area contributed by atoms with Gasteiger partial charge in [-0.3, -0.25) is 10.7 Å². The van der Waals surface area contributed by atoms with Gasteiger partial charge in [0.1, 0.15) is 5.84 Å². The van der Waals surface area contributed by atoms with Crippen LogP contribution in [0.3, 0.4) is 0 Å². The van der Waals surface area contributed by atoms with Crippen LogP contribution in [0.2, 0.25) is 0 Å². The molecule has 0 aliphatic rings. The molecule has 0 saturated carbocycles. The minimum absolute atomic E-state index is 0.135. The van der Waals surface area contributed by atoms with E-state index in [4.69, 9.17) is 5.41 Å². The molecule has 0 heterocycles. The highest BCUT2D eigenvalue weighted by Crippen LogP contribution is 2.04. The van der Waals surface area contributed by atoms with Crippen LogP contribution in [0.1, 0.15) is 6.42 Å². The SMILES string of the molecule is COC(=O)NC(=N)CCNc1ccccc1. The number of amides is 1. The van der Waals surface area contributed by atoms with Crippen molar-refractivity contribution < 1.29 is 9.53 Å². The summed E-state index contributed by atoms with van der Waals surface area (Å²) in [6.07, 6.45) is -0.172. The first-order chi connectivity index (χ1) is 7.72. The molecule has 1 aromatic carbocycles. The van der Waals surface area contributed by atoms with E-state index in [1.807, 2.05) is 30.3 Å². The van der Waals surface area contributed by atoms with Crippen molar-refractivity contribution in [3.05, 3.63) is 30.3 Å². The number of methoxy groups -OCH3 is 1. The van der Waals surface area contributed by atoms with E-state index in [2.05, 4.69) is 15.4 Å². The highest BCUT2D eigenvalue weighted by Gasteiger charge is 2.02. The summed E-state index contributed by atoms with van der Waals surface area (Å²) in [6, 6.07) is 9.68. The Bertz CT molecular complexity index is 352. The number of amidine groups is 1. The number of hydrogen-bond donors (Lipinski definition) is 3. The second kappa shape index (κ2) is 6.44. The molecule has 5 nitrogen and oxygen atoms in total. The van der Waals surface area contributed by atoms with Crippen LogP contribution in [0, 0.1) is 5.41 Å². The number of rotatable bonds is 4. The first kappa shape index (κ1) is 12.0. The van der Waals surface area contributed by atoms with E-state index in [0.29, 0.717) is 13.0 Å². The summed E-state index contributed by atoms with van der Waals surface area (Å²) in [4.78, 5) is 10.8. The molecule has 0 aromatic heterocycles. The molecule has 3 N–H and O–H groups in total. The van der Waals surface area contributed by atoms with Gasteiger partial charge in [-0.2, -0.15) is 0 Å². The third-order valence-corrected chi connectivity index (χ3v) is 1.92. The molecule has 0 unspecified atom stereocenters. The van der Waals surface area contributed by atoms with Crippen LogP contribution in [0.5, 0.6) is 0 Å². The lowest BCUT2D eigenvalue weighted by molar-refractivity contribution is 0.176. The summed E-state index contributed by atoms with van der Waals surface area (Å²) in [7, 11) is 1.27. The Morgan fingerprint density at radius 3 is 2.69 bits per heavy atom. The predicted molar refractivity (Wildman–Crippen MR) is 62.8 cm³/mol. The van der Waals surface area contributed by atoms with Crippen LogP contribution >= 0.6 is 0 Å². The van der Waals surface area contributed by atoms with Crippen molar-refractivity contribution in [2.24, 2.45) is 0 Å². The maximum absolute atomic E-state index is 10.8. The van der Waals surface area contributed by atoms with Crippen molar-refractivity contribution in [1.29, 1.82) is 5.41 Å². The summed E-state index contributed by atoms with van der Waals surface area (Å²) in [6.45, 7) is 0.590. The van der Waals surface area contributed by atoms with Gasteiger partial charge in [0.2, 0.25) is 0 Å². The Hall–Kier alpha value is -2.04. The van der Waals surface area contributed by atoms with Gasteiger partial charge in [0.25, 0.3) is 0 Å². The average Bonchev–Trinajstić information content (AvgIpc) is 2.30. The fourth-order valence-electron chi connectivity index (χ4n) is 1.12. The van der Waals surface area contributed by atoms with Crippen molar-refractivity contribution in [1.82, 2.24) is 5.32 Å². The van der Waals surface area contributed by atoms with Crippen LogP contribution in [0.15, 0.2) is 30.3 Å². The lowest BCUT2D eigenvalue weighted by atomic mass is 10.3. The molecule has 0 aliphatic carbocycles. The molecule has 1 rings (SSSR count). The van der Waals surface area contributed by atoms with E-state index >= 15 is 0 Å². The van der Waals surface area contributed by atoms with Gasteiger partial charge in [0.15, 0.2) is 0 Å². The highest BCUT2D eigenvalue weighted by molar-refractivity contribution is 5.93. The molecule has 1 aromatic rings. The lowest BCUT2D eigenvalue weighted by Gasteiger charge is -2.07. The standard InChI is InChI=1S/C11H15N3O2/c1-16-11(15)14-10(12)7-8-13-9-5-3-2-4-6-9/h2-6,13H,7-8H2,1H3,(H2,12,14,15).